The Balaban J connectivity index is 1.90. The van der Waals surface area contributed by atoms with Crippen LogP contribution in [0.3, 0.4) is 0 Å². The van der Waals surface area contributed by atoms with Crippen molar-refractivity contribution in [3.63, 3.8) is 0 Å². The molecule has 2 aromatic rings. The fourth-order valence-electron chi connectivity index (χ4n) is 1.69. The summed E-state index contributed by atoms with van der Waals surface area (Å²) >= 11 is 5.95. The summed E-state index contributed by atoms with van der Waals surface area (Å²) in [5.74, 6) is 1.79. The molecule has 2 heterocycles. The van der Waals surface area contributed by atoms with Crippen molar-refractivity contribution >= 4 is 17.4 Å². The van der Waals surface area contributed by atoms with Gasteiger partial charge in [0.1, 0.15) is 23.1 Å². The number of nitrogens with one attached hydrogen (secondary N) is 1. The zero-order chi connectivity index (χ0) is 13.0. The SMILES string of the molecule is Cc1c(Cl)ncnc1NC(C)CCc1ccco1. The van der Waals surface area contributed by atoms with Crippen molar-refractivity contribution < 1.29 is 4.42 Å². The summed E-state index contributed by atoms with van der Waals surface area (Å²) in [6.07, 6.45) is 5.03. The van der Waals surface area contributed by atoms with Gasteiger partial charge in [0.05, 0.1) is 6.26 Å². The zero-order valence-electron chi connectivity index (χ0n) is 10.5. The van der Waals surface area contributed by atoms with E-state index in [1.165, 1.54) is 6.33 Å². The monoisotopic (exact) mass is 265 g/mol. The summed E-state index contributed by atoms with van der Waals surface area (Å²) in [6, 6.07) is 4.18. The molecule has 0 aliphatic rings. The van der Waals surface area contributed by atoms with Gasteiger partial charge in [0.15, 0.2) is 0 Å². The summed E-state index contributed by atoms with van der Waals surface area (Å²) in [7, 11) is 0. The van der Waals surface area contributed by atoms with E-state index >= 15 is 0 Å². The number of aryl methyl sites for hydroxylation is 1. The molecule has 0 radical (unpaired) electrons. The van der Waals surface area contributed by atoms with Gasteiger partial charge in [-0.15, -0.1) is 0 Å². The number of hydrogen-bond donors (Lipinski definition) is 1. The average Bonchev–Trinajstić information content (AvgIpc) is 2.86. The van der Waals surface area contributed by atoms with Gasteiger partial charge in [-0.2, -0.15) is 0 Å². The lowest BCUT2D eigenvalue weighted by atomic mass is 10.1. The largest absolute Gasteiger partial charge is 0.469 e. The predicted octanol–water partition coefficient (Wildman–Crippen LogP) is 3.46. The van der Waals surface area contributed by atoms with Crippen molar-refractivity contribution in [1.29, 1.82) is 0 Å². The normalized spacial score (nSPS) is 12.4. The average molecular weight is 266 g/mol. The summed E-state index contributed by atoms with van der Waals surface area (Å²) in [5.41, 5.74) is 0.879. The number of nitrogens with zero attached hydrogens (tertiary/aromatic N) is 2. The molecular formula is C13H16ClN3O. The van der Waals surface area contributed by atoms with Crippen LogP contribution in [0.2, 0.25) is 5.15 Å². The van der Waals surface area contributed by atoms with E-state index < -0.39 is 0 Å². The van der Waals surface area contributed by atoms with Gasteiger partial charge in [-0.25, -0.2) is 9.97 Å². The molecule has 1 unspecified atom stereocenters. The first-order chi connectivity index (χ1) is 8.66. The van der Waals surface area contributed by atoms with Crippen LogP contribution in [-0.4, -0.2) is 16.0 Å². The first kappa shape index (κ1) is 12.9. The second-order valence-corrected chi connectivity index (χ2v) is 4.66. The lowest BCUT2D eigenvalue weighted by Crippen LogP contribution is -2.17. The van der Waals surface area contributed by atoms with E-state index in [1.807, 2.05) is 19.1 Å². The molecule has 0 bridgehead atoms. The Labute approximate surface area is 111 Å². The number of hydrogen-bond acceptors (Lipinski definition) is 4. The van der Waals surface area contributed by atoms with Crippen LogP contribution >= 0.6 is 11.6 Å². The van der Waals surface area contributed by atoms with E-state index in [4.69, 9.17) is 16.0 Å². The standard InChI is InChI=1S/C13H16ClN3O/c1-9(5-6-11-4-3-7-18-11)17-13-10(2)12(14)15-8-16-13/h3-4,7-9H,5-6H2,1-2H3,(H,15,16,17). The van der Waals surface area contributed by atoms with Crippen LogP contribution in [0.1, 0.15) is 24.7 Å². The van der Waals surface area contributed by atoms with Crippen LogP contribution in [-0.2, 0) is 6.42 Å². The van der Waals surface area contributed by atoms with E-state index in [0.29, 0.717) is 11.2 Å². The molecule has 1 atom stereocenters. The molecule has 0 spiro atoms. The van der Waals surface area contributed by atoms with Crippen LogP contribution in [0.15, 0.2) is 29.1 Å². The van der Waals surface area contributed by atoms with Gasteiger partial charge in [-0.1, -0.05) is 11.6 Å². The summed E-state index contributed by atoms with van der Waals surface area (Å²) in [6.45, 7) is 4.02. The third-order valence-corrected chi connectivity index (χ3v) is 3.19. The van der Waals surface area contributed by atoms with Crippen molar-refractivity contribution in [2.75, 3.05) is 5.32 Å². The van der Waals surface area contributed by atoms with Crippen LogP contribution in [0.4, 0.5) is 5.82 Å². The molecule has 18 heavy (non-hydrogen) atoms. The van der Waals surface area contributed by atoms with Crippen molar-refractivity contribution in [1.82, 2.24) is 9.97 Å². The molecule has 0 aliphatic heterocycles. The fourth-order valence-corrected chi connectivity index (χ4v) is 1.83. The number of halogens is 1. The van der Waals surface area contributed by atoms with Crippen molar-refractivity contribution in [2.45, 2.75) is 32.7 Å². The molecule has 0 saturated heterocycles. The van der Waals surface area contributed by atoms with Gasteiger partial charge in [-0.05, 0) is 32.4 Å². The number of aromatic nitrogens is 2. The maximum atomic E-state index is 5.95. The van der Waals surface area contributed by atoms with Crippen LogP contribution in [0.25, 0.3) is 0 Å². The Kier molecular flexibility index (Phi) is 4.20. The first-order valence-electron chi connectivity index (χ1n) is 5.93. The summed E-state index contributed by atoms with van der Waals surface area (Å²) in [5, 5.41) is 3.83. The van der Waals surface area contributed by atoms with E-state index in [2.05, 4.69) is 22.2 Å². The lowest BCUT2D eigenvalue weighted by molar-refractivity contribution is 0.495. The maximum absolute atomic E-state index is 5.95. The van der Waals surface area contributed by atoms with Crippen LogP contribution in [0, 0.1) is 6.92 Å². The Morgan fingerprint density at radius 2 is 2.28 bits per heavy atom. The Morgan fingerprint density at radius 1 is 1.44 bits per heavy atom. The molecule has 0 aromatic carbocycles. The maximum Gasteiger partial charge on any atom is 0.137 e. The highest BCUT2D eigenvalue weighted by Gasteiger charge is 2.09. The minimum absolute atomic E-state index is 0.291. The molecule has 5 heteroatoms. The van der Waals surface area contributed by atoms with Gasteiger partial charge >= 0.3 is 0 Å². The Bertz CT molecular complexity index is 499. The molecule has 2 rings (SSSR count). The summed E-state index contributed by atoms with van der Waals surface area (Å²) in [4.78, 5) is 8.13. The quantitative estimate of drug-likeness (QED) is 0.841. The highest BCUT2D eigenvalue weighted by Crippen LogP contribution is 2.19. The van der Waals surface area contributed by atoms with E-state index in [1.54, 1.807) is 6.26 Å². The highest BCUT2D eigenvalue weighted by atomic mass is 35.5. The fraction of sp³-hybridized carbons (Fsp3) is 0.385. The van der Waals surface area contributed by atoms with Crippen molar-refractivity contribution in [3.05, 3.63) is 41.2 Å². The Morgan fingerprint density at radius 3 is 3.00 bits per heavy atom. The third kappa shape index (κ3) is 3.23. The van der Waals surface area contributed by atoms with Gasteiger partial charge in [0, 0.05) is 18.0 Å². The first-order valence-corrected chi connectivity index (χ1v) is 6.30. The molecule has 1 N–H and O–H groups in total. The molecule has 0 aliphatic carbocycles. The number of anilines is 1. The third-order valence-electron chi connectivity index (χ3n) is 2.81. The van der Waals surface area contributed by atoms with Crippen LogP contribution in [0.5, 0.6) is 0 Å². The molecular weight excluding hydrogens is 250 g/mol. The smallest absolute Gasteiger partial charge is 0.137 e. The zero-order valence-corrected chi connectivity index (χ0v) is 11.2. The Hall–Kier alpha value is -1.55. The summed E-state index contributed by atoms with van der Waals surface area (Å²) < 4.78 is 5.30. The van der Waals surface area contributed by atoms with Crippen LogP contribution < -0.4 is 5.32 Å². The van der Waals surface area contributed by atoms with Gasteiger partial charge in [0.25, 0.3) is 0 Å². The minimum Gasteiger partial charge on any atom is -0.469 e. The highest BCUT2D eigenvalue weighted by molar-refractivity contribution is 6.30. The van der Waals surface area contributed by atoms with E-state index in [0.717, 1.165) is 30.0 Å². The molecule has 96 valence electrons. The topological polar surface area (TPSA) is 51.0 Å². The number of furan rings is 1. The van der Waals surface area contributed by atoms with Crippen molar-refractivity contribution in [3.8, 4) is 0 Å². The van der Waals surface area contributed by atoms with Gasteiger partial charge < -0.3 is 9.73 Å². The number of rotatable bonds is 5. The van der Waals surface area contributed by atoms with Gasteiger partial charge in [0.2, 0.25) is 0 Å². The molecule has 0 amide bonds. The van der Waals surface area contributed by atoms with Gasteiger partial charge in [-0.3, -0.25) is 0 Å². The molecule has 2 aromatic heterocycles. The van der Waals surface area contributed by atoms with E-state index in [-0.39, 0.29) is 0 Å². The van der Waals surface area contributed by atoms with E-state index in [9.17, 15) is 0 Å². The molecule has 0 saturated carbocycles. The second kappa shape index (κ2) is 5.87. The predicted molar refractivity (Wildman–Crippen MR) is 71.9 cm³/mol. The molecule has 0 fully saturated rings. The second-order valence-electron chi connectivity index (χ2n) is 4.30. The minimum atomic E-state index is 0.291. The lowest BCUT2D eigenvalue weighted by Gasteiger charge is -2.15. The van der Waals surface area contributed by atoms with Crippen molar-refractivity contribution in [2.24, 2.45) is 0 Å². The molecule has 4 nitrogen and oxygen atoms in total.